The standard InChI is InChI=1S/C19H15N3O3/c1-2-25-19(24)14-6-7-21-18(9-14)22-11-15(10-20)17(12-22)13-4-3-5-16(23)8-13/h3-9,11-12,23H,2H2,1H3. The van der Waals surface area contributed by atoms with Crippen LogP contribution in [0.5, 0.6) is 5.75 Å². The zero-order valence-electron chi connectivity index (χ0n) is 13.5. The monoisotopic (exact) mass is 333 g/mol. The first-order chi connectivity index (χ1) is 12.1. The molecule has 0 saturated carbocycles. The van der Waals surface area contributed by atoms with Gasteiger partial charge in [-0.2, -0.15) is 5.26 Å². The molecule has 0 atom stereocenters. The maximum atomic E-state index is 11.9. The number of aromatic hydroxyl groups is 1. The van der Waals surface area contributed by atoms with Crippen molar-refractivity contribution in [1.82, 2.24) is 9.55 Å². The first-order valence-electron chi connectivity index (χ1n) is 7.67. The molecule has 0 saturated heterocycles. The van der Waals surface area contributed by atoms with E-state index in [1.165, 1.54) is 6.20 Å². The number of pyridine rings is 1. The predicted molar refractivity (Wildman–Crippen MR) is 91.3 cm³/mol. The zero-order chi connectivity index (χ0) is 17.8. The van der Waals surface area contributed by atoms with E-state index < -0.39 is 5.97 Å². The Morgan fingerprint density at radius 3 is 2.88 bits per heavy atom. The number of phenols is 1. The van der Waals surface area contributed by atoms with E-state index in [1.54, 1.807) is 54.2 Å². The summed E-state index contributed by atoms with van der Waals surface area (Å²) in [4.78, 5) is 16.1. The molecule has 6 nitrogen and oxygen atoms in total. The molecular weight excluding hydrogens is 318 g/mol. The van der Waals surface area contributed by atoms with Gasteiger partial charge in [0.1, 0.15) is 17.6 Å². The molecule has 3 aromatic rings. The summed E-state index contributed by atoms with van der Waals surface area (Å²) >= 11 is 0. The first-order valence-corrected chi connectivity index (χ1v) is 7.67. The van der Waals surface area contributed by atoms with Gasteiger partial charge in [0.05, 0.1) is 17.7 Å². The van der Waals surface area contributed by atoms with Crippen LogP contribution in [0.15, 0.2) is 55.0 Å². The number of esters is 1. The van der Waals surface area contributed by atoms with Crippen LogP contribution in [0.1, 0.15) is 22.8 Å². The van der Waals surface area contributed by atoms with E-state index in [0.29, 0.717) is 29.1 Å². The van der Waals surface area contributed by atoms with Crippen LogP contribution in [0, 0.1) is 11.3 Å². The van der Waals surface area contributed by atoms with Crippen LogP contribution in [0.25, 0.3) is 16.9 Å². The van der Waals surface area contributed by atoms with Crippen molar-refractivity contribution in [1.29, 1.82) is 5.26 Å². The molecule has 2 aromatic heterocycles. The molecule has 1 aromatic carbocycles. The summed E-state index contributed by atoms with van der Waals surface area (Å²) in [5.41, 5.74) is 2.21. The van der Waals surface area contributed by atoms with Crippen LogP contribution in [0.4, 0.5) is 0 Å². The second-order valence-electron chi connectivity index (χ2n) is 5.28. The third-order valence-electron chi connectivity index (χ3n) is 3.63. The molecule has 0 aliphatic carbocycles. The molecule has 0 spiro atoms. The molecule has 0 fully saturated rings. The fraction of sp³-hybridized carbons (Fsp3) is 0.105. The van der Waals surface area contributed by atoms with Gasteiger partial charge in [-0.05, 0) is 36.8 Å². The Morgan fingerprint density at radius 1 is 1.32 bits per heavy atom. The molecule has 6 heteroatoms. The Morgan fingerprint density at radius 2 is 2.16 bits per heavy atom. The minimum Gasteiger partial charge on any atom is -0.508 e. The van der Waals surface area contributed by atoms with Gasteiger partial charge in [-0.25, -0.2) is 9.78 Å². The van der Waals surface area contributed by atoms with E-state index >= 15 is 0 Å². The SMILES string of the molecule is CCOC(=O)c1ccnc(-n2cc(C#N)c(-c3cccc(O)c3)c2)c1. The number of phenolic OH excluding ortho intramolecular Hbond substituents is 1. The molecule has 0 unspecified atom stereocenters. The number of rotatable bonds is 4. The summed E-state index contributed by atoms with van der Waals surface area (Å²) in [6.07, 6.45) is 4.89. The number of hydrogen-bond donors (Lipinski definition) is 1. The van der Waals surface area contributed by atoms with Crippen LogP contribution in [0.2, 0.25) is 0 Å². The number of carbonyl (C=O) groups excluding carboxylic acids is 1. The normalized spacial score (nSPS) is 10.2. The number of carbonyl (C=O) groups is 1. The number of ether oxygens (including phenoxy) is 1. The molecule has 0 aliphatic heterocycles. The Labute approximate surface area is 144 Å². The topological polar surface area (TPSA) is 88.1 Å². The molecule has 0 bridgehead atoms. The average Bonchev–Trinajstić information content (AvgIpc) is 3.06. The van der Waals surface area contributed by atoms with Gasteiger partial charge in [-0.3, -0.25) is 0 Å². The maximum absolute atomic E-state index is 11.9. The highest BCUT2D eigenvalue weighted by Gasteiger charge is 2.13. The van der Waals surface area contributed by atoms with E-state index in [0.717, 1.165) is 5.56 Å². The van der Waals surface area contributed by atoms with Crippen molar-refractivity contribution < 1.29 is 14.6 Å². The van der Waals surface area contributed by atoms with Crippen LogP contribution >= 0.6 is 0 Å². The summed E-state index contributed by atoms with van der Waals surface area (Å²) in [5, 5.41) is 19.1. The zero-order valence-corrected chi connectivity index (χ0v) is 13.5. The molecule has 124 valence electrons. The molecule has 3 rings (SSSR count). The smallest absolute Gasteiger partial charge is 0.338 e. The summed E-state index contributed by atoms with van der Waals surface area (Å²) < 4.78 is 6.66. The van der Waals surface area contributed by atoms with Gasteiger partial charge >= 0.3 is 5.97 Å². The van der Waals surface area contributed by atoms with E-state index in [4.69, 9.17) is 4.74 Å². The number of hydrogen-bond acceptors (Lipinski definition) is 5. The van der Waals surface area contributed by atoms with Gasteiger partial charge in [-0.15, -0.1) is 0 Å². The quantitative estimate of drug-likeness (QED) is 0.740. The van der Waals surface area contributed by atoms with Crippen molar-refractivity contribution >= 4 is 5.97 Å². The van der Waals surface area contributed by atoms with Crippen LogP contribution in [0.3, 0.4) is 0 Å². The number of nitriles is 1. The highest BCUT2D eigenvalue weighted by molar-refractivity contribution is 5.89. The largest absolute Gasteiger partial charge is 0.508 e. The van der Waals surface area contributed by atoms with Crippen LogP contribution < -0.4 is 0 Å². The van der Waals surface area contributed by atoms with Crippen LogP contribution in [-0.4, -0.2) is 27.2 Å². The summed E-state index contributed by atoms with van der Waals surface area (Å²) in [6.45, 7) is 2.03. The Hall–Kier alpha value is -3.59. The average molecular weight is 333 g/mol. The van der Waals surface area contributed by atoms with Gasteiger partial charge in [-0.1, -0.05) is 12.1 Å². The third kappa shape index (κ3) is 3.35. The number of aromatic nitrogens is 2. The van der Waals surface area contributed by atoms with E-state index in [1.807, 2.05) is 6.07 Å². The lowest BCUT2D eigenvalue weighted by atomic mass is 10.1. The van der Waals surface area contributed by atoms with Crippen molar-refractivity contribution in [3.63, 3.8) is 0 Å². The van der Waals surface area contributed by atoms with Gasteiger partial charge in [0.2, 0.25) is 0 Å². The van der Waals surface area contributed by atoms with Crippen molar-refractivity contribution in [2.24, 2.45) is 0 Å². The Kier molecular flexibility index (Phi) is 4.48. The lowest BCUT2D eigenvalue weighted by Gasteiger charge is -2.05. The second-order valence-corrected chi connectivity index (χ2v) is 5.28. The maximum Gasteiger partial charge on any atom is 0.338 e. The molecule has 25 heavy (non-hydrogen) atoms. The Bertz CT molecular complexity index is 970. The molecule has 1 N–H and O–H groups in total. The minimum absolute atomic E-state index is 0.122. The van der Waals surface area contributed by atoms with Crippen molar-refractivity contribution in [3.8, 4) is 28.8 Å². The number of nitrogens with zero attached hydrogens (tertiary/aromatic N) is 3. The van der Waals surface area contributed by atoms with Gasteiger partial charge in [0.15, 0.2) is 0 Å². The molecule has 0 radical (unpaired) electrons. The highest BCUT2D eigenvalue weighted by atomic mass is 16.5. The lowest BCUT2D eigenvalue weighted by Crippen LogP contribution is -2.06. The second kappa shape index (κ2) is 6.89. The summed E-state index contributed by atoms with van der Waals surface area (Å²) in [5.74, 6) is 0.192. The molecular formula is C19H15N3O3. The molecule has 0 aliphatic rings. The van der Waals surface area contributed by atoms with Crippen molar-refractivity contribution in [3.05, 3.63) is 66.1 Å². The summed E-state index contributed by atoms with van der Waals surface area (Å²) in [7, 11) is 0. The Balaban J connectivity index is 2.04. The highest BCUT2D eigenvalue weighted by Crippen LogP contribution is 2.28. The third-order valence-corrected chi connectivity index (χ3v) is 3.63. The van der Waals surface area contributed by atoms with Gasteiger partial charge in [0.25, 0.3) is 0 Å². The van der Waals surface area contributed by atoms with Gasteiger partial charge < -0.3 is 14.4 Å². The molecule has 0 amide bonds. The predicted octanol–water partition coefficient (Wildman–Crippen LogP) is 3.29. The fourth-order valence-electron chi connectivity index (χ4n) is 2.48. The van der Waals surface area contributed by atoms with Crippen LogP contribution in [-0.2, 0) is 4.74 Å². The van der Waals surface area contributed by atoms with Gasteiger partial charge in [0, 0.05) is 24.2 Å². The van der Waals surface area contributed by atoms with Crippen molar-refractivity contribution in [2.45, 2.75) is 6.92 Å². The van der Waals surface area contributed by atoms with E-state index in [-0.39, 0.29) is 5.75 Å². The van der Waals surface area contributed by atoms with E-state index in [2.05, 4.69) is 11.1 Å². The van der Waals surface area contributed by atoms with Crippen molar-refractivity contribution in [2.75, 3.05) is 6.61 Å². The number of benzene rings is 1. The fourth-order valence-corrected chi connectivity index (χ4v) is 2.48. The first kappa shape index (κ1) is 16.3. The molecule has 2 heterocycles. The summed E-state index contributed by atoms with van der Waals surface area (Å²) in [6, 6.07) is 12.0. The minimum atomic E-state index is -0.424. The van der Waals surface area contributed by atoms with E-state index in [9.17, 15) is 15.2 Å². The lowest BCUT2D eigenvalue weighted by molar-refractivity contribution is 0.0526.